The third-order valence-corrected chi connectivity index (χ3v) is 11.5. The molecule has 0 atom stereocenters. The maximum absolute atomic E-state index is 14.1. The van der Waals surface area contributed by atoms with Gasteiger partial charge in [-0.3, -0.25) is 30.0 Å². The Morgan fingerprint density at radius 2 is 0.903 bits per heavy atom. The zero-order valence-electron chi connectivity index (χ0n) is 35.3. The molecule has 0 saturated carbocycles. The lowest BCUT2D eigenvalue weighted by Crippen LogP contribution is -2.30. The van der Waals surface area contributed by atoms with Crippen molar-refractivity contribution in [3.05, 3.63) is 150 Å². The number of hydrogen-bond acceptors (Lipinski definition) is 12. The van der Waals surface area contributed by atoms with Crippen LogP contribution in [-0.4, -0.2) is 51.3 Å². The quantitative estimate of drug-likeness (QED) is 0.0860. The summed E-state index contributed by atoms with van der Waals surface area (Å²) in [5.41, 5.74) is 8.02. The maximum Gasteiger partial charge on any atom is 0.280 e. The molecular weight excluding hydrogens is 789 g/mol. The van der Waals surface area contributed by atoms with Gasteiger partial charge in [-0.05, 0) is 86.1 Å². The number of allylic oxidation sites excluding steroid dienone is 4. The number of hydrogen-bond donors (Lipinski definition) is 6. The van der Waals surface area contributed by atoms with Crippen LogP contribution in [0.4, 0.5) is 0 Å². The van der Waals surface area contributed by atoms with Gasteiger partial charge in [-0.2, -0.15) is 0 Å². The van der Waals surface area contributed by atoms with E-state index in [0.717, 1.165) is 9.35 Å². The van der Waals surface area contributed by atoms with Gasteiger partial charge in [0.25, 0.3) is 11.1 Å². The highest BCUT2D eigenvalue weighted by molar-refractivity contribution is 6.35. The molecule has 6 aromatic rings. The molecule has 2 aliphatic rings. The number of carbonyl (C=O) groups is 2. The Hall–Kier alpha value is -7.74. The second-order valence-corrected chi connectivity index (χ2v) is 16.2. The summed E-state index contributed by atoms with van der Waals surface area (Å²) in [5, 5.41) is 48.5. The number of Topliss-reactive ketones (excluding diaryl/α,β-unsaturated/α-hetero) is 2. The first kappa shape index (κ1) is 41.0. The van der Waals surface area contributed by atoms with Crippen molar-refractivity contribution in [2.24, 2.45) is 11.8 Å². The van der Waals surface area contributed by atoms with Crippen LogP contribution in [0.5, 0.6) is 11.5 Å². The molecule has 4 aromatic carbocycles. The van der Waals surface area contributed by atoms with Crippen LogP contribution in [0.25, 0.3) is 55.2 Å². The van der Waals surface area contributed by atoms with Crippen LogP contribution in [0.1, 0.15) is 72.7 Å². The van der Waals surface area contributed by atoms with E-state index in [2.05, 4.69) is 20.8 Å². The average Bonchev–Trinajstić information content (AvgIpc) is 3.21. The predicted molar refractivity (Wildman–Crippen MR) is 240 cm³/mol. The van der Waals surface area contributed by atoms with Gasteiger partial charge in [-0.1, -0.05) is 64.1 Å². The van der Waals surface area contributed by atoms with E-state index in [1.54, 1.807) is 116 Å². The van der Waals surface area contributed by atoms with Crippen LogP contribution >= 0.6 is 0 Å². The Bertz CT molecular complexity index is 3040. The molecule has 314 valence electrons. The van der Waals surface area contributed by atoms with Gasteiger partial charge < -0.3 is 20.4 Å². The molecule has 2 aromatic heterocycles. The fraction of sp³-hybridized carbons (Fsp3) is 0.208. The first-order valence-corrected chi connectivity index (χ1v) is 20.0. The molecule has 0 aliphatic heterocycles. The van der Waals surface area contributed by atoms with Crippen molar-refractivity contribution in [2.75, 3.05) is 10.9 Å². The number of aromatic nitrogens is 4. The number of fused-ring (bicyclic) bond motifs is 4. The number of para-hydroxylation sites is 2. The van der Waals surface area contributed by atoms with Gasteiger partial charge in [0.05, 0.1) is 33.0 Å². The molecule has 2 aliphatic carbocycles. The highest BCUT2D eigenvalue weighted by atomic mass is 16.3. The zero-order chi connectivity index (χ0) is 44.6. The van der Waals surface area contributed by atoms with Crippen molar-refractivity contribution in [1.29, 1.82) is 0 Å². The van der Waals surface area contributed by atoms with Crippen LogP contribution in [0.3, 0.4) is 0 Å². The highest BCUT2D eigenvalue weighted by Crippen LogP contribution is 2.53. The van der Waals surface area contributed by atoms with Crippen molar-refractivity contribution >= 4 is 55.7 Å². The molecule has 0 radical (unpaired) electrons. The van der Waals surface area contributed by atoms with E-state index in [-0.39, 0.29) is 68.0 Å². The summed E-state index contributed by atoms with van der Waals surface area (Å²) in [5.74, 6) is -3.69. The molecular formula is C48H44N6O8. The van der Waals surface area contributed by atoms with Crippen LogP contribution in [0.2, 0.25) is 0 Å². The van der Waals surface area contributed by atoms with E-state index in [1.807, 2.05) is 0 Å². The second-order valence-electron chi connectivity index (χ2n) is 16.2. The fourth-order valence-electron chi connectivity index (χ4n) is 8.68. The summed E-state index contributed by atoms with van der Waals surface area (Å²) in [6.45, 7) is 13.9. The van der Waals surface area contributed by atoms with Gasteiger partial charge in [0, 0.05) is 45.8 Å². The molecule has 0 fully saturated rings. The Balaban J connectivity index is 1.36. The summed E-state index contributed by atoms with van der Waals surface area (Å²) < 4.78 is 2.31. The van der Waals surface area contributed by atoms with Gasteiger partial charge in [0.15, 0.2) is 11.5 Å². The minimum atomic E-state index is -0.817. The van der Waals surface area contributed by atoms with Crippen molar-refractivity contribution in [3.8, 4) is 22.6 Å². The number of phenolic OH excluding ortho intramolecular Hbond substituents is 2. The lowest BCUT2D eigenvalue weighted by Gasteiger charge is -2.29. The third-order valence-electron chi connectivity index (χ3n) is 11.5. The van der Waals surface area contributed by atoms with Gasteiger partial charge in [0.1, 0.15) is 23.1 Å². The number of nitrogens with one attached hydrogen (secondary N) is 2. The lowest BCUT2D eigenvalue weighted by atomic mass is 9.75. The van der Waals surface area contributed by atoms with Gasteiger partial charge in [-0.15, -0.1) is 0 Å². The number of aromatic hydroxyl groups is 2. The van der Waals surface area contributed by atoms with E-state index >= 15 is 0 Å². The fourth-order valence-corrected chi connectivity index (χ4v) is 8.68. The SMILES string of the molecule is Cc1cc2c(c(O)c1-c1c(C)cc3c(c1O)C(=CNn1c(C)nc4ccccc4c1=O)C(=O)C(O)=C3C(C)C)C(=CNn1c(C)nc3ccccc3c1=O)C(=O)C(O)=C2C(C)C. The van der Waals surface area contributed by atoms with Crippen molar-refractivity contribution in [3.63, 3.8) is 0 Å². The molecule has 14 heteroatoms. The molecule has 0 unspecified atom stereocenters. The van der Waals surface area contributed by atoms with E-state index < -0.39 is 45.7 Å². The summed E-state index contributed by atoms with van der Waals surface area (Å²) in [7, 11) is 0. The Kier molecular flexibility index (Phi) is 9.97. The summed E-state index contributed by atoms with van der Waals surface area (Å²) in [4.78, 5) is 64.5. The molecule has 6 N–H and O–H groups in total. The van der Waals surface area contributed by atoms with E-state index in [9.17, 15) is 39.6 Å². The van der Waals surface area contributed by atoms with Crippen molar-refractivity contribution < 1.29 is 30.0 Å². The predicted octanol–water partition coefficient (Wildman–Crippen LogP) is 7.60. The largest absolute Gasteiger partial charge is 0.507 e. The first-order chi connectivity index (χ1) is 29.4. The zero-order valence-corrected chi connectivity index (χ0v) is 35.3. The molecule has 62 heavy (non-hydrogen) atoms. The number of benzene rings is 4. The number of carbonyl (C=O) groups excluding carboxylic acids is 2. The van der Waals surface area contributed by atoms with Crippen LogP contribution in [0, 0.1) is 39.5 Å². The number of aryl methyl sites for hydroxylation is 4. The normalized spacial score (nSPS) is 15.5. The molecule has 0 bridgehead atoms. The van der Waals surface area contributed by atoms with Crippen molar-refractivity contribution in [2.45, 2.75) is 55.4 Å². The minimum Gasteiger partial charge on any atom is -0.507 e. The van der Waals surface area contributed by atoms with Gasteiger partial charge >= 0.3 is 0 Å². The van der Waals surface area contributed by atoms with Gasteiger partial charge in [-0.25, -0.2) is 19.3 Å². The van der Waals surface area contributed by atoms with Crippen molar-refractivity contribution in [1.82, 2.24) is 19.3 Å². The number of phenols is 2. The number of ketones is 2. The molecule has 0 saturated heterocycles. The molecule has 0 amide bonds. The number of aliphatic hydroxyl groups excluding tert-OH is 2. The molecule has 8 rings (SSSR count). The smallest absolute Gasteiger partial charge is 0.280 e. The Morgan fingerprint density at radius 1 is 0.548 bits per heavy atom. The van der Waals surface area contributed by atoms with Gasteiger partial charge in [0.2, 0.25) is 11.6 Å². The lowest BCUT2D eigenvalue weighted by molar-refractivity contribution is -0.113. The molecule has 2 heterocycles. The van der Waals surface area contributed by atoms with Crippen LogP contribution in [-0.2, 0) is 9.59 Å². The standard InChI is InChI=1S/C48H44N6O8/c1-21(2)35-29-17-23(5)37(43(57)39(29)31(41(55)45(35)59)19-49-53-25(7)51-33-15-11-9-13-27(33)47(53)61)38-24(6)18-30-36(22(3)4)46(60)42(56)32(40(30)44(38)58)20-50-54-26(8)52-34-16-12-10-14-28(34)48(54)62/h9-22,49-50,57-60H,1-8H3. The highest BCUT2D eigenvalue weighted by Gasteiger charge is 2.38. The number of rotatable bonds is 7. The van der Waals surface area contributed by atoms with E-state index in [1.165, 1.54) is 12.4 Å². The summed E-state index contributed by atoms with van der Waals surface area (Å²) in [6.07, 6.45) is 2.47. The van der Waals surface area contributed by atoms with E-state index in [0.29, 0.717) is 44.1 Å². The first-order valence-electron chi connectivity index (χ1n) is 20.0. The summed E-state index contributed by atoms with van der Waals surface area (Å²) in [6, 6.07) is 17.0. The summed E-state index contributed by atoms with van der Waals surface area (Å²) >= 11 is 0. The van der Waals surface area contributed by atoms with E-state index in [4.69, 9.17) is 0 Å². The number of aliphatic hydroxyl groups is 2. The monoisotopic (exact) mass is 832 g/mol. The molecule has 14 nitrogen and oxygen atoms in total. The number of nitrogens with zero attached hydrogens (tertiary/aromatic N) is 4. The van der Waals surface area contributed by atoms with Crippen LogP contribution in [0.15, 0.2) is 94.2 Å². The van der Waals surface area contributed by atoms with Crippen LogP contribution < -0.4 is 22.0 Å². The second kappa shape index (κ2) is 15.1. The Labute approximate surface area is 355 Å². The Morgan fingerprint density at radius 3 is 1.26 bits per heavy atom. The molecule has 0 spiro atoms. The topological polar surface area (TPSA) is 209 Å². The third kappa shape index (κ3) is 6.25. The minimum absolute atomic E-state index is 0.0353. The maximum atomic E-state index is 14.1. The average molecular weight is 833 g/mol.